The zero-order valence-electron chi connectivity index (χ0n) is 11.5. The molecule has 1 aliphatic rings. The first kappa shape index (κ1) is 13.5. The van der Waals surface area contributed by atoms with E-state index >= 15 is 0 Å². The van der Waals surface area contributed by atoms with E-state index in [9.17, 15) is 9.59 Å². The maximum Gasteiger partial charge on any atom is 0.246 e. The average Bonchev–Trinajstić information content (AvgIpc) is 2.42. The quantitative estimate of drug-likeness (QED) is 0.891. The molecule has 1 aromatic heterocycles. The largest absolute Gasteiger partial charge is 0.343 e. The van der Waals surface area contributed by atoms with E-state index in [1.807, 2.05) is 26.0 Å². The molecule has 19 heavy (non-hydrogen) atoms. The highest BCUT2D eigenvalue weighted by atomic mass is 16.2. The van der Waals surface area contributed by atoms with Crippen LogP contribution in [-0.4, -0.2) is 33.8 Å². The van der Waals surface area contributed by atoms with Gasteiger partial charge in [-0.1, -0.05) is 6.92 Å². The molecule has 0 saturated carbocycles. The van der Waals surface area contributed by atoms with Crippen LogP contribution in [0.25, 0.3) is 0 Å². The Morgan fingerprint density at radius 2 is 2.00 bits per heavy atom. The molecule has 0 aliphatic carbocycles. The van der Waals surface area contributed by atoms with Gasteiger partial charge in [0.25, 0.3) is 0 Å². The van der Waals surface area contributed by atoms with Crippen LogP contribution >= 0.6 is 0 Å². The molecule has 3 atom stereocenters. The predicted molar refractivity (Wildman–Crippen MR) is 71.2 cm³/mol. The molecule has 0 aromatic carbocycles. The lowest BCUT2D eigenvalue weighted by Crippen LogP contribution is -2.62. The van der Waals surface area contributed by atoms with E-state index in [-0.39, 0.29) is 17.9 Å². The van der Waals surface area contributed by atoms with Gasteiger partial charge in [0.05, 0.1) is 6.04 Å². The second-order valence-corrected chi connectivity index (χ2v) is 4.86. The highest BCUT2D eigenvalue weighted by molar-refractivity contribution is 5.96. The first-order valence-electron chi connectivity index (χ1n) is 6.58. The van der Waals surface area contributed by atoms with Crippen molar-refractivity contribution in [3.05, 3.63) is 30.1 Å². The Morgan fingerprint density at radius 1 is 1.37 bits per heavy atom. The van der Waals surface area contributed by atoms with Gasteiger partial charge in [-0.3, -0.25) is 14.6 Å². The summed E-state index contributed by atoms with van der Waals surface area (Å²) in [5.74, 6) is -0.105. The first-order valence-corrected chi connectivity index (χ1v) is 6.58. The summed E-state index contributed by atoms with van der Waals surface area (Å²) in [6.45, 7) is 5.58. The maximum absolute atomic E-state index is 12.4. The summed E-state index contributed by atoms with van der Waals surface area (Å²) in [6, 6.07) is 2.77. The van der Waals surface area contributed by atoms with Crippen molar-refractivity contribution in [2.45, 2.75) is 45.3 Å². The van der Waals surface area contributed by atoms with Crippen molar-refractivity contribution in [2.75, 3.05) is 0 Å². The lowest BCUT2D eigenvalue weighted by Gasteiger charge is -2.41. The molecular weight excluding hydrogens is 242 g/mol. The SMILES string of the molecule is CCC1C(=O)NC(C)C(=O)N1C(C)c1ccncc1. The van der Waals surface area contributed by atoms with E-state index in [1.54, 1.807) is 24.2 Å². The lowest BCUT2D eigenvalue weighted by molar-refractivity contribution is -0.151. The number of carbonyl (C=O) groups is 2. The van der Waals surface area contributed by atoms with Crippen molar-refractivity contribution in [1.82, 2.24) is 15.2 Å². The number of aromatic nitrogens is 1. The molecule has 1 aliphatic heterocycles. The Bertz CT molecular complexity index is 475. The van der Waals surface area contributed by atoms with Crippen LogP contribution in [0, 0.1) is 0 Å². The normalized spacial score (nSPS) is 25.1. The predicted octanol–water partition coefficient (Wildman–Crippen LogP) is 1.27. The highest BCUT2D eigenvalue weighted by Gasteiger charge is 2.40. The Kier molecular flexibility index (Phi) is 3.83. The Balaban J connectivity index is 2.33. The molecule has 5 heteroatoms. The van der Waals surface area contributed by atoms with Gasteiger partial charge in [0.1, 0.15) is 12.1 Å². The van der Waals surface area contributed by atoms with Crippen LogP contribution in [0.5, 0.6) is 0 Å². The number of rotatable bonds is 3. The zero-order valence-corrected chi connectivity index (χ0v) is 11.5. The maximum atomic E-state index is 12.4. The fourth-order valence-electron chi connectivity index (χ4n) is 2.52. The van der Waals surface area contributed by atoms with Gasteiger partial charge in [0.15, 0.2) is 0 Å². The average molecular weight is 261 g/mol. The molecule has 0 radical (unpaired) electrons. The van der Waals surface area contributed by atoms with Gasteiger partial charge in [-0.05, 0) is 38.0 Å². The molecule has 0 spiro atoms. The van der Waals surface area contributed by atoms with Crippen LogP contribution in [0.2, 0.25) is 0 Å². The second kappa shape index (κ2) is 5.38. The third-order valence-electron chi connectivity index (χ3n) is 3.61. The number of carbonyl (C=O) groups excluding carboxylic acids is 2. The molecule has 2 heterocycles. The van der Waals surface area contributed by atoms with Crippen LogP contribution < -0.4 is 5.32 Å². The molecule has 2 rings (SSSR count). The minimum atomic E-state index is -0.459. The van der Waals surface area contributed by atoms with Crippen molar-refractivity contribution < 1.29 is 9.59 Å². The molecule has 0 bridgehead atoms. The third kappa shape index (κ3) is 2.45. The Labute approximate surface area is 113 Å². The summed E-state index contributed by atoms with van der Waals surface area (Å²) < 4.78 is 0. The molecule has 3 unspecified atom stereocenters. The number of hydrogen-bond donors (Lipinski definition) is 1. The Morgan fingerprint density at radius 3 is 2.58 bits per heavy atom. The van der Waals surface area contributed by atoms with Crippen LogP contribution in [0.1, 0.15) is 38.8 Å². The van der Waals surface area contributed by atoms with Crippen molar-refractivity contribution >= 4 is 11.8 Å². The van der Waals surface area contributed by atoms with Gasteiger partial charge in [-0.15, -0.1) is 0 Å². The van der Waals surface area contributed by atoms with Crippen molar-refractivity contribution in [3.8, 4) is 0 Å². The fourth-order valence-corrected chi connectivity index (χ4v) is 2.52. The summed E-state index contributed by atoms with van der Waals surface area (Å²) in [5.41, 5.74) is 0.990. The summed E-state index contributed by atoms with van der Waals surface area (Å²) in [4.78, 5) is 30.0. The summed E-state index contributed by atoms with van der Waals surface area (Å²) in [5, 5.41) is 2.72. The van der Waals surface area contributed by atoms with E-state index in [0.29, 0.717) is 6.42 Å². The fraction of sp³-hybridized carbons (Fsp3) is 0.500. The highest BCUT2D eigenvalue weighted by Crippen LogP contribution is 2.26. The molecule has 1 fully saturated rings. The van der Waals surface area contributed by atoms with Crippen LogP contribution in [0.15, 0.2) is 24.5 Å². The number of pyridine rings is 1. The number of amides is 2. The van der Waals surface area contributed by atoms with E-state index < -0.39 is 12.1 Å². The van der Waals surface area contributed by atoms with Crippen LogP contribution in [-0.2, 0) is 9.59 Å². The molecule has 5 nitrogen and oxygen atoms in total. The number of piperazine rings is 1. The summed E-state index contributed by atoms with van der Waals surface area (Å²) >= 11 is 0. The third-order valence-corrected chi connectivity index (χ3v) is 3.61. The van der Waals surface area contributed by atoms with Crippen LogP contribution in [0.3, 0.4) is 0 Å². The van der Waals surface area contributed by atoms with E-state index in [4.69, 9.17) is 0 Å². The van der Waals surface area contributed by atoms with Gasteiger partial charge >= 0.3 is 0 Å². The number of nitrogens with one attached hydrogen (secondary N) is 1. The van der Waals surface area contributed by atoms with Gasteiger partial charge in [-0.2, -0.15) is 0 Å². The van der Waals surface area contributed by atoms with E-state index in [2.05, 4.69) is 10.3 Å². The first-order chi connectivity index (χ1) is 9.06. The van der Waals surface area contributed by atoms with Gasteiger partial charge in [-0.25, -0.2) is 0 Å². The standard InChI is InChI=1S/C14H19N3O2/c1-4-12-13(18)16-9(2)14(19)17(12)10(3)11-5-7-15-8-6-11/h5-10,12H,4H2,1-3H3,(H,16,18). The summed E-state index contributed by atoms with van der Waals surface area (Å²) in [6.07, 6.45) is 4.01. The zero-order chi connectivity index (χ0) is 14.0. The summed E-state index contributed by atoms with van der Waals surface area (Å²) in [7, 11) is 0. The minimum Gasteiger partial charge on any atom is -0.343 e. The van der Waals surface area contributed by atoms with Crippen molar-refractivity contribution in [1.29, 1.82) is 0 Å². The monoisotopic (exact) mass is 261 g/mol. The van der Waals surface area contributed by atoms with Gasteiger partial charge in [0.2, 0.25) is 11.8 Å². The second-order valence-electron chi connectivity index (χ2n) is 4.86. The molecule has 1 saturated heterocycles. The van der Waals surface area contributed by atoms with Crippen molar-refractivity contribution in [2.24, 2.45) is 0 Å². The van der Waals surface area contributed by atoms with Crippen molar-refractivity contribution in [3.63, 3.8) is 0 Å². The van der Waals surface area contributed by atoms with Gasteiger partial charge < -0.3 is 10.2 Å². The van der Waals surface area contributed by atoms with E-state index in [0.717, 1.165) is 5.56 Å². The molecule has 2 amide bonds. The molecule has 1 N–H and O–H groups in total. The molecule has 1 aromatic rings. The number of nitrogens with zero attached hydrogens (tertiary/aromatic N) is 2. The molecular formula is C14H19N3O2. The topological polar surface area (TPSA) is 62.3 Å². The van der Waals surface area contributed by atoms with E-state index in [1.165, 1.54) is 0 Å². The number of hydrogen-bond acceptors (Lipinski definition) is 3. The minimum absolute atomic E-state index is 0.0317. The molecule has 102 valence electrons. The Hall–Kier alpha value is -1.91. The smallest absolute Gasteiger partial charge is 0.246 e. The van der Waals surface area contributed by atoms with Crippen LogP contribution in [0.4, 0.5) is 0 Å². The lowest BCUT2D eigenvalue weighted by atomic mass is 10.00. The van der Waals surface area contributed by atoms with Gasteiger partial charge in [0, 0.05) is 12.4 Å².